The van der Waals surface area contributed by atoms with E-state index in [9.17, 15) is 14.4 Å². The van der Waals surface area contributed by atoms with Gasteiger partial charge in [0.15, 0.2) is 5.16 Å². The maximum absolute atomic E-state index is 12.9. The van der Waals surface area contributed by atoms with Crippen molar-refractivity contribution in [3.63, 3.8) is 0 Å². The molecule has 2 heterocycles. The molecule has 1 aromatic heterocycles. The Morgan fingerprint density at radius 2 is 1.89 bits per heavy atom. The number of rotatable bonds is 7. The first kappa shape index (κ1) is 20.1. The van der Waals surface area contributed by atoms with Crippen LogP contribution in [0.4, 0.5) is 0 Å². The van der Waals surface area contributed by atoms with Crippen molar-refractivity contribution < 1.29 is 14.3 Å². The molecule has 1 amide bonds. The highest BCUT2D eigenvalue weighted by Gasteiger charge is 2.23. The van der Waals surface area contributed by atoms with Crippen LogP contribution in [0, 0.1) is 0 Å². The molecule has 0 atom stereocenters. The van der Waals surface area contributed by atoms with Crippen molar-refractivity contribution in [2.45, 2.75) is 37.2 Å². The number of esters is 1. The summed E-state index contributed by atoms with van der Waals surface area (Å²) in [7, 11) is 0. The average Bonchev–Trinajstić information content (AvgIpc) is 3.24. The second kappa shape index (κ2) is 9.54. The van der Waals surface area contributed by atoms with Crippen LogP contribution < -0.4 is 5.56 Å². The molecule has 1 aromatic carbocycles. The van der Waals surface area contributed by atoms with Gasteiger partial charge < -0.3 is 9.64 Å². The molecule has 1 saturated heterocycles. The van der Waals surface area contributed by atoms with Crippen molar-refractivity contribution in [2.75, 3.05) is 19.7 Å². The van der Waals surface area contributed by atoms with E-state index in [1.54, 1.807) is 11.8 Å². The van der Waals surface area contributed by atoms with Crippen LogP contribution in [-0.4, -0.2) is 46.0 Å². The molecule has 3 rings (SSSR count). The van der Waals surface area contributed by atoms with Crippen LogP contribution in [0.3, 0.4) is 0 Å². The van der Waals surface area contributed by atoms with Gasteiger partial charge in [0.25, 0.3) is 5.56 Å². The van der Waals surface area contributed by atoms with Gasteiger partial charge in [0.1, 0.15) is 12.1 Å². The van der Waals surface area contributed by atoms with Gasteiger partial charge in [-0.3, -0.25) is 14.2 Å². The maximum Gasteiger partial charge on any atom is 0.345 e. The van der Waals surface area contributed by atoms with Gasteiger partial charge >= 0.3 is 5.97 Å². The molecular weight excluding hydrogens is 378 g/mol. The van der Waals surface area contributed by atoms with Crippen molar-refractivity contribution in [3.8, 4) is 0 Å². The maximum atomic E-state index is 12.9. The molecule has 2 aromatic rings. The summed E-state index contributed by atoms with van der Waals surface area (Å²) >= 11 is 1.36. The van der Waals surface area contributed by atoms with Gasteiger partial charge in [-0.2, -0.15) is 0 Å². The first-order chi connectivity index (χ1) is 13.6. The van der Waals surface area contributed by atoms with Gasteiger partial charge in [0, 0.05) is 18.8 Å². The van der Waals surface area contributed by atoms with Crippen LogP contribution in [0.1, 0.15) is 35.7 Å². The number of nitrogens with zero attached hydrogens (tertiary/aromatic N) is 3. The molecule has 28 heavy (non-hydrogen) atoms. The molecule has 8 heteroatoms. The molecule has 1 aliphatic rings. The minimum absolute atomic E-state index is 0.129. The quantitative estimate of drug-likeness (QED) is 0.402. The summed E-state index contributed by atoms with van der Waals surface area (Å²) in [5, 5.41) is 0.412. The van der Waals surface area contributed by atoms with Gasteiger partial charge in [-0.25, -0.2) is 9.78 Å². The standard InChI is InChI=1S/C20H23N3O4S/c1-2-27-19(26)16-12-21-20(28-14-15-8-4-3-5-9-15)23(18(16)25)13-17(24)22-10-6-7-11-22/h3-5,8-9,12H,2,6-7,10-11,13-14H2,1H3. The number of thioether (sulfide) groups is 1. The number of hydrogen-bond acceptors (Lipinski definition) is 6. The number of aromatic nitrogens is 2. The molecule has 0 radical (unpaired) electrons. The molecule has 148 valence electrons. The Morgan fingerprint density at radius 3 is 2.57 bits per heavy atom. The summed E-state index contributed by atoms with van der Waals surface area (Å²) in [4.78, 5) is 43.6. The van der Waals surface area contributed by atoms with Gasteiger partial charge in [-0.15, -0.1) is 0 Å². The summed E-state index contributed by atoms with van der Waals surface area (Å²) < 4.78 is 6.24. The second-order valence-corrected chi connectivity index (χ2v) is 7.37. The van der Waals surface area contributed by atoms with Gasteiger partial charge in [-0.05, 0) is 25.3 Å². The Hall–Kier alpha value is -2.61. The van der Waals surface area contributed by atoms with E-state index < -0.39 is 11.5 Å². The van der Waals surface area contributed by atoms with Crippen LogP contribution in [0.25, 0.3) is 0 Å². The van der Waals surface area contributed by atoms with E-state index in [1.807, 2.05) is 30.3 Å². The number of ether oxygens (including phenoxy) is 1. The molecule has 0 N–H and O–H groups in total. The lowest BCUT2D eigenvalue weighted by molar-refractivity contribution is -0.131. The Kier molecular flexibility index (Phi) is 6.86. The lowest BCUT2D eigenvalue weighted by Gasteiger charge is -2.18. The third-order valence-electron chi connectivity index (χ3n) is 4.47. The van der Waals surface area contributed by atoms with Gasteiger partial charge in [0.2, 0.25) is 5.91 Å². The Labute approximate surface area is 167 Å². The van der Waals surface area contributed by atoms with E-state index >= 15 is 0 Å². The molecule has 7 nitrogen and oxygen atoms in total. The molecule has 0 saturated carbocycles. The van der Waals surface area contributed by atoms with Crippen molar-refractivity contribution in [2.24, 2.45) is 0 Å². The first-order valence-corrected chi connectivity index (χ1v) is 10.3. The summed E-state index contributed by atoms with van der Waals surface area (Å²) in [5.74, 6) is -0.254. The molecule has 1 aliphatic heterocycles. The molecule has 0 aliphatic carbocycles. The second-order valence-electron chi connectivity index (χ2n) is 6.43. The summed E-state index contributed by atoms with van der Waals surface area (Å²) in [6, 6.07) is 9.79. The fourth-order valence-electron chi connectivity index (χ4n) is 3.00. The SMILES string of the molecule is CCOC(=O)c1cnc(SCc2ccccc2)n(CC(=O)N2CCCC2)c1=O. The van der Waals surface area contributed by atoms with E-state index in [4.69, 9.17) is 4.74 Å². The fraction of sp³-hybridized carbons (Fsp3) is 0.400. The van der Waals surface area contributed by atoms with E-state index in [-0.39, 0.29) is 24.6 Å². The minimum atomic E-state index is -0.720. The first-order valence-electron chi connectivity index (χ1n) is 9.31. The van der Waals surface area contributed by atoms with Crippen LogP contribution in [0.2, 0.25) is 0 Å². The number of amides is 1. The largest absolute Gasteiger partial charge is 0.462 e. The number of likely N-dealkylation sites (tertiary alicyclic amines) is 1. The monoisotopic (exact) mass is 401 g/mol. The third kappa shape index (κ3) is 4.81. The van der Waals surface area contributed by atoms with Crippen molar-refractivity contribution in [1.82, 2.24) is 14.5 Å². The highest BCUT2D eigenvalue weighted by atomic mass is 32.2. The molecule has 1 fully saturated rings. The molecule has 0 spiro atoms. The van der Waals surface area contributed by atoms with Crippen molar-refractivity contribution in [3.05, 3.63) is 58.0 Å². The lowest BCUT2D eigenvalue weighted by Crippen LogP contribution is -2.37. The Morgan fingerprint density at radius 1 is 1.18 bits per heavy atom. The van der Waals surface area contributed by atoms with Crippen molar-refractivity contribution >= 4 is 23.6 Å². The zero-order valence-corrected chi connectivity index (χ0v) is 16.6. The normalized spacial score (nSPS) is 13.5. The van der Waals surface area contributed by atoms with Gasteiger partial charge in [0.05, 0.1) is 12.8 Å². The third-order valence-corrected chi connectivity index (χ3v) is 5.53. The highest BCUT2D eigenvalue weighted by Crippen LogP contribution is 2.20. The molecule has 0 unspecified atom stereocenters. The smallest absolute Gasteiger partial charge is 0.345 e. The molecular formula is C20H23N3O4S. The highest BCUT2D eigenvalue weighted by molar-refractivity contribution is 7.98. The summed E-state index contributed by atoms with van der Waals surface area (Å²) in [5.41, 5.74) is 0.380. The number of carbonyl (C=O) groups excluding carboxylic acids is 2. The summed E-state index contributed by atoms with van der Waals surface area (Å²) in [6.07, 6.45) is 3.18. The zero-order valence-electron chi connectivity index (χ0n) is 15.8. The van der Waals surface area contributed by atoms with Crippen LogP contribution in [-0.2, 0) is 21.8 Å². The lowest BCUT2D eigenvalue weighted by atomic mass is 10.2. The van der Waals surface area contributed by atoms with E-state index in [0.717, 1.165) is 18.4 Å². The number of carbonyl (C=O) groups is 2. The number of hydrogen-bond donors (Lipinski definition) is 0. The zero-order chi connectivity index (χ0) is 19.9. The minimum Gasteiger partial charge on any atom is -0.462 e. The number of benzene rings is 1. The predicted octanol–water partition coefficient (Wildman–Crippen LogP) is 2.33. The van der Waals surface area contributed by atoms with E-state index in [0.29, 0.717) is 24.0 Å². The Bertz CT molecular complexity index is 892. The van der Waals surface area contributed by atoms with Crippen LogP contribution >= 0.6 is 11.8 Å². The Balaban J connectivity index is 1.88. The van der Waals surface area contributed by atoms with Crippen LogP contribution in [0.15, 0.2) is 46.5 Å². The van der Waals surface area contributed by atoms with Crippen molar-refractivity contribution in [1.29, 1.82) is 0 Å². The summed E-state index contributed by atoms with van der Waals surface area (Å²) in [6.45, 7) is 3.10. The average molecular weight is 401 g/mol. The fourth-order valence-corrected chi connectivity index (χ4v) is 3.92. The van der Waals surface area contributed by atoms with Gasteiger partial charge in [-0.1, -0.05) is 42.1 Å². The predicted molar refractivity (Wildman–Crippen MR) is 106 cm³/mol. The topological polar surface area (TPSA) is 81.5 Å². The van der Waals surface area contributed by atoms with Crippen LogP contribution in [0.5, 0.6) is 0 Å². The molecule has 0 bridgehead atoms. The van der Waals surface area contributed by atoms with E-state index in [1.165, 1.54) is 22.5 Å². The van der Waals surface area contributed by atoms with E-state index in [2.05, 4.69) is 4.98 Å².